The van der Waals surface area contributed by atoms with Crippen molar-refractivity contribution in [2.24, 2.45) is 0 Å². The van der Waals surface area contributed by atoms with Crippen LogP contribution in [0.15, 0.2) is 211 Å². The first-order chi connectivity index (χ1) is 26.8. The van der Waals surface area contributed by atoms with E-state index in [0.717, 1.165) is 55.7 Å². The molecule has 1 aliphatic rings. The van der Waals surface area contributed by atoms with Gasteiger partial charge in [0.15, 0.2) is 11.2 Å². The van der Waals surface area contributed by atoms with Crippen molar-refractivity contribution in [2.45, 2.75) is 5.41 Å². The molecule has 11 rings (SSSR count). The Balaban J connectivity index is 1.20. The highest BCUT2D eigenvalue weighted by molar-refractivity contribution is 6.18. The van der Waals surface area contributed by atoms with E-state index in [2.05, 4.69) is 216 Å². The fourth-order valence-corrected chi connectivity index (χ4v) is 9.07. The molecule has 0 atom stereocenters. The third-order valence-corrected chi connectivity index (χ3v) is 11.3. The maximum Gasteiger partial charge on any atom is 0.161 e. The number of furan rings is 1. The lowest BCUT2D eigenvalue weighted by Crippen LogP contribution is -2.28. The van der Waals surface area contributed by atoms with Gasteiger partial charge in [-0.1, -0.05) is 146 Å². The van der Waals surface area contributed by atoms with E-state index in [1.807, 2.05) is 0 Å². The average molecular weight is 691 g/mol. The van der Waals surface area contributed by atoms with Gasteiger partial charge in [-0.05, 0) is 94.0 Å². The van der Waals surface area contributed by atoms with Crippen LogP contribution in [0.3, 0.4) is 0 Å². The third-order valence-electron chi connectivity index (χ3n) is 11.3. The smallest absolute Gasteiger partial charge is 0.161 e. The minimum absolute atomic E-state index is 0.509. The molecular formula is C51H34N2O. The van der Waals surface area contributed by atoms with Crippen LogP contribution in [0.2, 0.25) is 0 Å². The van der Waals surface area contributed by atoms with Gasteiger partial charge in [0, 0.05) is 27.8 Å². The van der Waals surface area contributed by atoms with Crippen molar-refractivity contribution in [3.05, 3.63) is 229 Å². The van der Waals surface area contributed by atoms with Gasteiger partial charge in [0.05, 0.1) is 16.6 Å². The lowest BCUT2D eigenvalue weighted by atomic mass is 9.67. The third kappa shape index (κ3) is 4.30. The molecule has 0 bridgehead atoms. The highest BCUT2D eigenvalue weighted by Gasteiger charge is 2.46. The molecule has 0 saturated heterocycles. The number of anilines is 3. The molecule has 2 heterocycles. The van der Waals surface area contributed by atoms with Crippen molar-refractivity contribution in [1.82, 2.24) is 4.57 Å². The normalized spacial score (nSPS) is 13.0. The lowest BCUT2D eigenvalue weighted by molar-refractivity contribution is 0.673. The van der Waals surface area contributed by atoms with Crippen LogP contribution < -0.4 is 4.90 Å². The number of aromatic nitrogens is 1. The Morgan fingerprint density at radius 2 is 1.02 bits per heavy atom. The van der Waals surface area contributed by atoms with Crippen LogP contribution in [0.1, 0.15) is 22.3 Å². The molecule has 0 amide bonds. The summed E-state index contributed by atoms with van der Waals surface area (Å²) in [6.07, 6.45) is 0. The van der Waals surface area contributed by atoms with Gasteiger partial charge in [-0.25, -0.2) is 0 Å². The number of benzene rings is 8. The summed E-state index contributed by atoms with van der Waals surface area (Å²) in [5.74, 6) is 0. The van der Waals surface area contributed by atoms with E-state index in [9.17, 15) is 0 Å². The predicted molar refractivity (Wildman–Crippen MR) is 223 cm³/mol. The summed E-state index contributed by atoms with van der Waals surface area (Å²) < 4.78 is 9.42. The highest BCUT2D eigenvalue weighted by Crippen LogP contribution is 2.57. The fourth-order valence-electron chi connectivity index (χ4n) is 9.07. The van der Waals surface area contributed by atoms with Crippen molar-refractivity contribution in [1.29, 1.82) is 0 Å². The molecule has 0 fully saturated rings. The first kappa shape index (κ1) is 30.5. The zero-order valence-corrected chi connectivity index (χ0v) is 29.4. The molecule has 0 unspecified atom stereocenters. The Kier molecular flexibility index (Phi) is 6.77. The molecular weight excluding hydrogens is 657 g/mol. The minimum Gasteiger partial charge on any atom is -0.451 e. The first-order valence-corrected chi connectivity index (χ1v) is 18.5. The molecule has 0 aliphatic heterocycles. The van der Waals surface area contributed by atoms with Crippen LogP contribution in [0, 0.1) is 0 Å². The standard InChI is InChI=1S/C51H34N2O/c1-5-18-35(19-6-1)51(36-20-7-2-8-21-36)44-29-15-13-26-40(44)41-33-32-39(34-45(41)51)52(37-22-9-3-10-23-37)47-31-17-28-43-48-50(54-49(43)47)42-27-14-16-30-46(42)53(48)38-24-11-4-12-25-38/h1-34H. The molecule has 54 heavy (non-hydrogen) atoms. The van der Waals surface area contributed by atoms with Gasteiger partial charge in [-0.3, -0.25) is 0 Å². The SMILES string of the molecule is c1ccc(N(c2ccc3c(c2)C(c2ccccc2)(c2ccccc2)c2ccccc2-3)c2cccc3c2oc2c4ccccc4n(-c4ccccc4)c32)cc1. The number of nitrogens with zero attached hydrogens (tertiary/aromatic N) is 2. The molecule has 8 aromatic carbocycles. The summed E-state index contributed by atoms with van der Waals surface area (Å²) in [6, 6.07) is 74.3. The number of hydrogen-bond acceptors (Lipinski definition) is 2. The molecule has 0 spiro atoms. The van der Waals surface area contributed by atoms with Crippen molar-refractivity contribution >= 4 is 50.0 Å². The van der Waals surface area contributed by atoms with E-state index in [-0.39, 0.29) is 0 Å². The van der Waals surface area contributed by atoms with Crippen LogP contribution in [0.5, 0.6) is 0 Å². The minimum atomic E-state index is -0.509. The Bertz CT molecular complexity index is 2940. The molecule has 0 saturated carbocycles. The van der Waals surface area contributed by atoms with Crippen molar-refractivity contribution in [3.63, 3.8) is 0 Å². The maximum atomic E-state index is 7.08. The molecule has 254 valence electrons. The molecule has 10 aromatic rings. The van der Waals surface area contributed by atoms with Crippen LogP contribution in [0.25, 0.3) is 49.8 Å². The summed E-state index contributed by atoms with van der Waals surface area (Å²) >= 11 is 0. The van der Waals surface area contributed by atoms with Crippen molar-refractivity contribution in [3.8, 4) is 16.8 Å². The van der Waals surface area contributed by atoms with Crippen molar-refractivity contribution < 1.29 is 4.42 Å². The van der Waals surface area contributed by atoms with Crippen LogP contribution in [0.4, 0.5) is 17.1 Å². The molecule has 0 radical (unpaired) electrons. The van der Waals surface area contributed by atoms with E-state index < -0.39 is 5.41 Å². The van der Waals surface area contributed by atoms with Gasteiger partial charge in [-0.15, -0.1) is 0 Å². The number of para-hydroxylation sites is 4. The Labute approximate surface area is 313 Å². The molecule has 3 nitrogen and oxygen atoms in total. The largest absolute Gasteiger partial charge is 0.451 e. The number of rotatable bonds is 6. The molecule has 1 aliphatic carbocycles. The second-order valence-electron chi connectivity index (χ2n) is 14.1. The van der Waals surface area contributed by atoms with Crippen LogP contribution in [-0.4, -0.2) is 4.57 Å². The fraction of sp³-hybridized carbons (Fsp3) is 0.0196. The Hall–Kier alpha value is -7.10. The zero-order valence-electron chi connectivity index (χ0n) is 29.4. The molecule has 2 aromatic heterocycles. The summed E-state index contributed by atoms with van der Waals surface area (Å²) in [4.78, 5) is 2.36. The predicted octanol–water partition coefficient (Wildman–Crippen LogP) is 13.4. The van der Waals surface area contributed by atoms with Crippen LogP contribution in [-0.2, 0) is 5.41 Å². The van der Waals surface area contributed by atoms with Gasteiger partial charge in [0.2, 0.25) is 0 Å². The summed E-state index contributed by atoms with van der Waals surface area (Å²) in [5, 5.41) is 2.16. The maximum absolute atomic E-state index is 7.08. The highest BCUT2D eigenvalue weighted by atomic mass is 16.3. The van der Waals surface area contributed by atoms with Crippen LogP contribution >= 0.6 is 0 Å². The second-order valence-corrected chi connectivity index (χ2v) is 14.1. The first-order valence-electron chi connectivity index (χ1n) is 18.5. The summed E-state index contributed by atoms with van der Waals surface area (Å²) in [7, 11) is 0. The molecule has 0 N–H and O–H groups in total. The Morgan fingerprint density at radius 1 is 0.426 bits per heavy atom. The van der Waals surface area contributed by atoms with Gasteiger partial charge in [0.1, 0.15) is 5.52 Å². The van der Waals surface area contributed by atoms with E-state index in [1.165, 1.54) is 33.4 Å². The average Bonchev–Trinajstić information content (AvgIpc) is 3.88. The van der Waals surface area contributed by atoms with Gasteiger partial charge in [-0.2, -0.15) is 0 Å². The van der Waals surface area contributed by atoms with Gasteiger partial charge in [0.25, 0.3) is 0 Å². The number of fused-ring (bicyclic) bond motifs is 8. The Morgan fingerprint density at radius 3 is 1.76 bits per heavy atom. The second kappa shape index (κ2) is 12.0. The van der Waals surface area contributed by atoms with E-state index >= 15 is 0 Å². The van der Waals surface area contributed by atoms with E-state index in [4.69, 9.17) is 4.42 Å². The molecule has 3 heteroatoms. The topological polar surface area (TPSA) is 21.3 Å². The number of hydrogen-bond donors (Lipinski definition) is 0. The van der Waals surface area contributed by atoms with Gasteiger partial charge < -0.3 is 13.9 Å². The van der Waals surface area contributed by atoms with E-state index in [0.29, 0.717) is 0 Å². The quantitative estimate of drug-likeness (QED) is 0.173. The van der Waals surface area contributed by atoms with Gasteiger partial charge >= 0.3 is 0 Å². The van der Waals surface area contributed by atoms with Crippen molar-refractivity contribution in [2.75, 3.05) is 4.90 Å². The van der Waals surface area contributed by atoms with E-state index in [1.54, 1.807) is 0 Å². The monoisotopic (exact) mass is 690 g/mol. The summed E-state index contributed by atoms with van der Waals surface area (Å²) in [5.41, 5.74) is 15.2. The zero-order chi connectivity index (χ0) is 35.6. The lowest BCUT2D eigenvalue weighted by Gasteiger charge is -2.34. The summed E-state index contributed by atoms with van der Waals surface area (Å²) in [6.45, 7) is 0.